The molecule has 2 rings (SSSR count). The highest BCUT2D eigenvalue weighted by atomic mass is 79.9. The minimum atomic E-state index is -0.616. The number of rotatable bonds is 12. The molecule has 2 aromatic carbocycles. The fraction of sp³-hybridized carbons (Fsp3) is 0.417. The molecule has 174 valence electrons. The van der Waals surface area contributed by atoms with E-state index in [0.717, 1.165) is 22.9 Å². The maximum Gasteiger partial charge on any atom is 0.261 e. The Morgan fingerprint density at radius 2 is 1.97 bits per heavy atom. The first kappa shape index (κ1) is 26.0. The van der Waals surface area contributed by atoms with Crippen molar-refractivity contribution in [3.63, 3.8) is 0 Å². The van der Waals surface area contributed by atoms with Gasteiger partial charge in [-0.1, -0.05) is 59.9 Å². The predicted molar refractivity (Wildman–Crippen MR) is 130 cm³/mol. The number of unbranched alkanes of at least 4 members (excludes halogenated alkanes) is 1. The summed E-state index contributed by atoms with van der Waals surface area (Å²) in [6.07, 6.45) is 2.34. The highest BCUT2D eigenvalue weighted by Crippen LogP contribution is 2.28. The number of nitrogens with zero attached hydrogens (tertiary/aromatic N) is 1. The van der Waals surface area contributed by atoms with Crippen LogP contribution in [0.15, 0.2) is 46.9 Å². The molecule has 6 nitrogen and oxygen atoms in total. The lowest BCUT2D eigenvalue weighted by Gasteiger charge is -2.30. The summed E-state index contributed by atoms with van der Waals surface area (Å²) in [7, 11) is 1.59. The van der Waals surface area contributed by atoms with Crippen LogP contribution in [0.3, 0.4) is 0 Å². The van der Waals surface area contributed by atoms with Crippen molar-refractivity contribution in [2.45, 2.75) is 45.7 Å². The van der Waals surface area contributed by atoms with Crippen LogP contribution in [-0.2, 0) is 16.1 Å². The van der Waals surface area contributed by atoms with E-state index in [2.05, 4.69) is 28.2 Å². The summed E-state index contributed by atoms with van der Waals surface area (Å²) < 4.78 is 11.8. The van der Waals surface area contributed by atoms with E-state index < -0.39 is 6.04 Å². The number of amides is 2. The van der Waals surface area contributed by atoms with E-state index in [4.69, 9.17) is 21.1 Å². The van der Waals surface area contributed by atoms with Crippen LogP contribution in [0.25, 0.3) is 0 Å². The average Bonchev–Trinajstić information content (AvgIpc) is 2.78. The van der Waals surface area contributed by atoms with Crippen LogP contribution in [0.4, 0.5) is 0 Å². The van der Waals surface area contributed by atoms with E-state index in [0.29, 0.717) is 29.5 Å². The van der Waals surface area contributed by atoms with Gasteiger partial charge in [0.05, 0.1) is 12.1 Å². The van der Waals surface area contributed by atoms with Crippen molar-refractivity contribution in [1.82, 2.24) is 10.2 Å². The van der Waals surface area contributed by atoms with Gasteiger partial charge in [-0.25, -0.2) is 0 Å². The first-order valence-corrected chi connectivity index (χ1v) is 11.8. The van der Waals surface area contributed by atoms with Crippen molar-refractivity contribution in [2.75, 3.05) is 20.3 Å². The molecule has 2 amide bonds. The Hall–Kier alpha value is -2.25. The minimum Gasteiger partial charge on any atom is -0.497 e. The van der Waals surface area contributed by atoms with Crippen LogP contribution in [0.1, 0.15) is 38.7 Å². The topological polar surface area (TPSA) is 67.9 Å². The van der Waals surface area contributed by atoms with E-state index in [1.807, 2.05) is 31.2 Å². The second kappa shape index (κ2) is 13.3. The van der Waals surface area contributed by atoms with E-state index >= 15 is 0 Å². The Morgan fingerprint density at radius 3 is 2.62 bits per heavy atom. The number of halogens is 2. The van der Waals surface area contributed by atoms with Crippen LogP contribution in [0.5, 0.6) is 11.5 Å². The summed E-state index contributed by atoms with van der Waals surface area (Å²) in [6, 6.07) is 12.0. The first-order chi connectivity index (χ1) is 15.4. The molecule has 0 spiro atoms. The van der Waals surface area contributed by atoms with E-state index in [-0.39, 0.29) is 25.0 Å². The number of ether oxygens (including phenoxy) is 2. The first-order valence-electron chi connectivity index (χ1n) is 10.7. The number of carbonyl (C=O) groups excluding carboxylic acids is 2. The van der Waals surface area contributed by atoms with Crippen LogP contribution in [0, 0.1) is 0 Å². The molecule has 8 heteroatoms. The maximum absolute atomic E-state index is 13.2. The van der Waals surface area contributed by atoms with Gasteiger partial charge in [-0.05, 0) is 48.7 Å². The average molecular weight is 526 g/mol. The number of carbonyl (C=O) groups is 2. The highest BCUT2D eigenvalue weighted by Gasteiger charge is 2.29. The molecule has 0 saturated heterocycles. The minimum absolute atomic E-state index is 0.168. The summed E-state index contributed by atoms with van der Waals surface area (Å²) in [5.74, 6) is 0.626. The third-order valence-corrected chi connectivity index (χ3v) is 5.74. The molecule has 0 radical (unpaired) electrons. The third-order valence-electron chi connectivity index (χ3n) is 4.95. The van der Waals surface area contributed by atoms with Crippen molar-refractivity contribution in [3.05, 3.63) is 57.5 Å². The van der Waals surface area contributed by atoms with Crippen molar-refractivity contribution in [3.8, 4) is 11.5 Å². The molecule has 2 aromatic rings. The molecule has 1 atom stereocenters. The van der Waals surface area contributed by atoms with E-state index in [9.17, 15) is 9.59 Å². The molecule has 0 heterocycles. The van der Waals surface area contributed by atoms with Gasteiger partial charge in [0, 0.05) is 17.6 Å². The molecular formula is C24H30BrClN2O4. The predicted octanol–water partition coefficient (Wildman–Crippen LogP) is 5.21. The molecule has 0 fully saturated rings. The Bertz CT molecular complexity index is 909. The summed E-state index contributed by atoms with van der Waals surface area (Å²) in [6.45, 7) is 4.56. The summed E-state index contributed by atoms with van der Waals surface area (Å²) in [5, 5.41) is 3.34. The zero-order chi connectivity index (χ0) is 23.5. The van der Waals surface area contributed by atoms with Gasteiger partial charge < -0.3 is 19.7 Å². The summed E-state index contributed by atoms with van der Waals surface area (Å²) in [4.78, 5) is 27.7. The van der Waals surface area contributed by atoms with Crippen molar-refractivity contribution in [1.29, 1.82) is 0 Å². The van der Waals surface area contributed by atoms with E-state index in [1.165, 1.54) is 0 Å². The largest absolute Gasteiger partial charge is 0.497 e. The maximum atomic E-state index is 13.2. The lowest BCUT2D eigenvalue weighted by Crippen LogP contribution is -2.50. The van der Waals surface area contributed by atoms with Gasteiger partial charge in [0.1, 0.15) is 17.5 Å². The fourth-order valence-corrected chi connectivity index (χ4v) is 3.94. The van der Waals surface area contributed by atoms with Gasteiger partial charge in [0.2, 0.25) is 5.91 Å². The van der Waals surface area contributed by atoms with Crippen LogP contribution < -0.4 is 14.8 Å². The van der Waals surface area contributed by atoms with Gasteiger partial charge in [0.15, 0.2) is 6.61 Å². The van der Waals surface area contributed by atoms with Crippen molar-refractivity contribution < 1.29 is 19.1 Å². The van der Waals surface area contributed by atoms with Gasteiger partial charge in [-0.2, -0.15) is 0 Å². The van der Waals surface area contributed by atoms with Gasteiger partial charge in [0.25, 0.3) is 5.91 Å². The van der Waals surface area contributed by atoms with Crippen LogP contribution in [-0.4, -0.2) is 43.0 Å². The zero-order valence-corrected chi connectivity index (χ0v) is 21.0. The smallest absolute Gasteiger partial charge is 0.261 e. The molecule has 1 N–H and O–H groups in total. The second-order valence-corrected chi connectivity index (χ2v) is 8.63. The lowest BCUT2D eigenvalue weighted by molar-refractivity contribution is -0.143. The van der Waals surface area contributed by atoms with Crippen LogP contribution in [0.2, 0.25) is 5.02 Å². The van der Waals surface area contributed by atoms with Crippen LogP contribution >= 0.6 is 27.5 Å². The quantitative estimate of drug-likeness (QED) is 0.386. The molecule has 0 unspecified atom stereocenters. The Kier molecular flexibility index (Phi) is 10.8. The number of hydrogen-bond acceptors (Lipinski definition) is 4. The molecule has 0 aliphatic heterocycles. The standard InChI is InChI=1S/C24H30BrClN2O4/c1-4-6-12-27-24(30)21(5-2)28(15-17-8-7-9-19(13-17)31-3)23(29)16-32-22-11-10-18(25)14-20(22)26/h7-11,13-14,21H,4-6,12,15-16H2,1-3H3,(H,27,30)/t21-/m0/s1. The van der Waals surface area contributed by atoms with Crippen molar-refractivity contribution >= 4 is 39.3 Å². The molecule has 0 aliphatic rings. The number of benzene rings is 2. The fourth-order valence-electron chi connectivity index (χ4n) is 3.21. The zero-order valence-electron chi connectivity index (χ0n) is 18.7. The molecule has 0 aromatic heterocycles. The Labute approximate surface area is 203 Å². The SMILES string of the molecule is CCCCNC(=O)[C@H](CC)N(Cc1cccc(OC)c1)C(=O)COc1ccc(Br)cc1Cl. The Morgan fingerprint density at radius 1 is 1.19 bits per heavy atom. The number of nitrogens with one attached hydrogen (secondary N) is 1. The molecular weight excluding hydrogens is 496 g/mol. The Balaban J connectivity index is 2.22. The summed E-state index contributed by atoms with van der Waals surface area (Å²) >= 11 is 9.56. The van der Waals surface area contributed by atoms with Gasteiger partial charge in [-0.15, -0.1) is 0 Å². The highest BCUT2D eigenvalue weighted by molar-refractivity contribution is 9.10. The second-order valence-electron chi connectivity index (χ2n) is 7.31. The summed E-state index contributed by atoms with van der Waals surface area (Å²) in [5.41, 5.74) is 0.860. The molecule has 0 bridgehead atoms. The molecule has 0 saturated carbocycles. The normalized spacial score (nSPS) is 11.5. The van der Waals surface area contributed by atoms with Gasteiger partial charge in [-0.3, -0.25) is 9.59 Å². The number of methoxy groups -OCH3 is 1. The van der Waals surface area contributed by atoms with E-state index in [1.54, 1.807) is 30.2 Å². The van der Waals surface area contributed by atoms with Gasteiger partial charge >= 0.3 is 0 Å². The monoisotopic (exact) mass is 524 g/mol. The number of hydrogen-bond donors (Lipinski definition) is 1. The molecule has 32 heavy (non-hydrogen) atoms. The third kappa shape index (κ3) is 7.71. The lowest BCUT2D eigenvalue weighted by atomic mass is 10.1. The molecule has 0 aliphatic carbocycles. The van der Waals surface area contributed by atoms with Crippen molar-refractivity contribution in [2.24, 2.45) is 0 Å².